The van der Waals surface area contributed by atoms with Gasteiger partial charge in [0.15, 0.2) is 5.56 Å². The number of nitrogens with zero attached hydrogens (tertiary/aromatic N) is 2. The summed E-state index contributed by atoms with van der Waals surface area (Å²) in [5, 5.41) is 21.5. The molecule has 1 aliphatic heterocycles. The summed E-state index contributed by atoms with van der Waals surface area (Å²) in [4.78, 5) is 49.2. The monoisotopic (exact) mass is 403 g/mol. The van der Waals surface area contributed by atoms with Crippen molar-refractivity contribution in [1.82, 2.24) is 14.5 Å². The second-order valence-corrected chi connectivity index (χ2v) is 6.65. The minimum atomic E-state index is -1.31. The number of carbonyl (C=O) groups is 2. The van der Waals surface area contributed by atoms with E-state index < -0.39 is 47.2 Å². The minimum Gasteiger partial charge on any atom is -0.494 e. The largest absolute Gasteiger partial charge is 0.494 e. The number of nitrogens with one attached hydrogen (secondary N) is 1. The highest BCUT2D eigenvalue weighted by Gasteiger charge is 2.29. The van der Waals surface area contributed by atoms with Crippen LogP contribution in [-0.4, -0.2) is 51.0 Å². The van der Waals surface area contributed by atoms with E-state index in [0.29, 0.717) is 31.6 Å². The van der Waals surface area contributed by atoms with Gasteiger partial charge in [0.2, 0.25) is 5.88 Å². The number of rotatable bonds is 6. The summed E-state index contributed by atoms with van der Waals surface area (Å²) in [6.07, 6.45) is 0.848. The summed E-state index contributed by atoms with van der Waals surface area (Å²) in [5.41, 5.74) is -1.72. The van der Waals surface area contributed by atoms with E-state index in [-0.39, 0.29) is 6.54 Å². The van der Waals surface area contributed by atoms with Crippen LogP contribution in [-0.2, 0) is 16.1 Å². The lowest BCUT2D eigenvalue weighted by Gasteiger charge is -2.26. The number of ether oxygens (including phenoxy) is 1. The molecule has 3 rings (SSSR count). The lowest BCUT2D eigenvalue weighted by Crippen LogP contribution is -2.46. The van der Waals surface area contributed by atoms with E-state index >= 15 is 0 Å². The van der Waals surface area contributed by atoms with E-state index in [1.54, 1.807) is 30.3 Å². The molecule has 1 aliphatic rings. The number of benzene rings is 1. The third kappa shape index (κ3) is 4.37. The molecular weight excluding hydrogens is 382 g/mol. The van der Waals surface area contributed by atoms with Crippen molar-refractivity contribution < 1.29 is 24.5 Å². The number of carboxylic acid groups (broad SMARTS) is 1. The molecule has 154 valence electrons. The van der Waals surface area contributed by atoms with Crippen LogP contribution in [0.25, 0.3) is 0 Å². The maximum absolute atomic E-state index is 13.1. The number of aromatic hydroxyl groups is 1. The van der Waals surface area contributed by atoms with Gasteiger partial charge in [-0.2, -0.15) is 0 Å². The van der Waals surface area contributed by atoms with Crippen molar-refractivity contribution in [3.05, 3.63) is 62.3 Å². The smallest absolute Gasteiger partial charge is 0.334 e. The Hall–Kier alpha value is -3.40. The summed E-state index contributed by atoms with van der Waals surface area (Å²) >= 11 is 0. The Morgan fingerprint density at radius 1 is 1.14 bits per heavy atom. The van der Waals surface area contributed by atoms with Gasteiger partial charge in [-0.25, -0.2) is 4.79 Å². The molecule has 0 radical (unpaired) electrons. The summed E-state index contributed by atoms with van der Waals surface area (Å²) in [5.74, 6) is -3.13. The van der Waals surface area contributed by atoms with Crippen molar-refractivity contribution >= 4 is 11.9 Å². The Morgan fingerprint density at radius 2 is 1.79 bits per heavy atom. The topological polar surface area (TPSA) is 140 Å². The highest BCUT2D eigenvalue weighted by Crippen LogP contribution is 2.24. The number of carboxylic acids is 1. The standard InChI is InChI=1S/C19H21N3O7/c23-14(24)10-20-16(25)15-17(26)21(11-12-4-2-1-3-5-12)19(28)22(18(15)27)13-6-8-29-9-7-13/h1-5,13,27H,6-11H2,(H,20,25)(H,23,24). The number of hydrogen-bond donors (Lipinski definition) is 3. The summed E-state index contributed by atoms with van der Waals surface area (Å²) < 4.78 is 7.19. The molecule has 0 unspecified atom stereocenters. The number of amides is 1. The van der Waals surface area contributed by atoms with Crippen molar-refractivity contribution in [2.45, 2.75) is 25.4 Å². The molecule has 0 bridgehead atoms. The Morgan fingerprint density at radius 3 is 2.41 bits per heavy atom. The van der Waals surface area contributed by atoms with Crippen LogP contribution in [0, 0.1) is 0 Å². The zero-order valence-electron chi connectivity index (χ0n) is 15.5. The molecule has 1 saturated heterocycles. The zero-order chi connectivity index (χ0) is 21.0. The first-order chi connectivity index (χ1) is 13.9. The van der Waals surface area contributed by atoms with Crippen molar-refractivity contribution in [2.24, 2.45) is 0 Å². The van der Waals surface area contributed by atoms with Gasteiger partial charge in [-0.05, 0) is 18.4 Å². The van der Waals surface area contributed by atoms with Crippen LogP contribution in [0.2, 0.25) is 0 Å². The molecular formula is C19H21N3O7. The molecule has 1 fully saturated rings. The van der Waals surface area contributed by atoms with Crippen LogP contribution in [0.1, 0.15) is 34.8 Å². The number of carbonyl (C=O) groups excluding carboxylic acids is 1. The van der Waals surface area contributed by atoms with Crippen molar-refractivity contribution in [1.29, 1.82) is 0 Å². The highest BCUT2D eigenvalue weighted by molar-refractivity contribution is 5.97. The first kappa shape index (κ1) is 20.3. The summed E-state index contributed by atoms with van der Waals surface area (Å²) in [6, 6.07) is 8.28. The van der Waals surface area contributed by atoms with Crippen molar-refractivity contribution in [3.8, 4) is 5.88 Å². The van der Waals surface area contributed by atoms with E-state index in [9.17, 15) is 24.3 Å². The van der Waals surface area contributed by atoms with Crippen LogP contribution in [0.5, 0.6) is 5.88 Å². The third-order valence-electron chi connectivity index (χ3n) is 4.71. The van der Waals surface area contributed by atoms with E-state index in [4.69, 9.17) is 9.84 Å². The SMILES string of the molecule is O=C(O)CNC(=O)c1c(O)n(C2CCOCC2)c(=O)n(Cc2ccccc2)c1=O. The summed E-state index contributed by atoms with van der Waals surface area (Å²) in [6.45, 7) is -0.0855. The fourth-order valence-corrected chi connectivity index (χ4v) is 3.28. The third-order valence-corrected chi connectivity index (χ3v) is 4.71. The molecule has 3 N–H and O–H groups in total. The zero-order valence-corrected chi connectivity index (χ0v) is 15.5. The molecule has 2 heterocycles. The molecule has 10 heteroatoms. The lowest BCUT2D eigenvalue weighted by atomic mass is 10.1. The number of aliphatic carboxylic acids is 1. The number of hydrogen-bond acceptors (Lipinski definition) is 6. The first-order valence-corrected chi connectivity index (χ1v) is 9.10. The van der Waals surface area contributed by atoms with Crippen LogP contribution >= 0.6 is 0 Å². The fraction of sp³-hybridized carbons (Fsp3) is 0.368. The second kappa shape index (κ2) is 8.74. The van der Waals surface area contributed by atoms with Gasteiger partial charge in [-0.15, -0.1) is 0 Å². The van der Waals surface area contributed by atoms with Crippen molar-refractivity contribution in [3.63, 3.8) is 0 Å². The van der Waals surface area contributed by atoms with Crippen LogP contribution < -0.4 is 16.6 Å². The van der Waals surface area contributed by atoms with Gasteiger partial charge < -0.3 is 20.3 Å². The maximum atomic E-state index is 13.1. The van der Waals surface area contributed by atoms with Crippen LogP contribution in [0.4, 0.5) is 0 Å². The van der Waals surface area contributed by atoms with Gasteiger partial charge in [0.1, 0.15) is 6.54 Å². The molecule has 0 aliphatic carbocycles. The molecule has 10 nitrogen and oxygen atoms in total. The van der Waals surface area contributed by atoms with Gasteiger partial charge in [-0.1, -0.05) is 30.3 Å². The normalized spacial score (nSPS) is 14.5. The van der Waals surface area contributed by atoms with Gasteiger partial charge >= 0.3 is 11.7 Å². The summed E-state index contributed by atoms with van der Waals surface area (Å²) in [7, 11) is 0. The molecule has 2 aromatic rings. The number of aromatic nitrogens is 2. The van der Waals surface area contributed by atoms with Crippen LogP contribution in [0.15, 0.2) is 39.9 Å². The van der Waals surface area contributed by atoms with E-state index in [2.05, 4.69) is 5.32 Å². The van der Waals surface area contributed by atoms with Crippen molar-refractivity contribution in [2.75, 3.05) is 19.8 Å². The Labute approximate surface area is 165 Å². The predicted molar refractivity (Wildman–Crippen MR) is 101 cm³/mol. The maximum Gasteiger partial charge on any atom is 0.334 e. The Bertz CT molecular complexity index is 1020. The first-order valence-electron chi connectivity index (χ1n) is 9.10. The van der Waals surface area contributed by atoms with Gasteiger partial charge in [0.25, 0.3) is 11.5 Å². The highest BCUT2D eigenvalue weighted by atomic mass is 16.5. The Kier molecular flexibility index (Phi) is 6.13. The minimum absolute atomic E-state index is 0.0960. The average molecular weight is 403 g/mol. The molecule has 1 aromatic heterocycles. The van der Waals surface area contributed by atoms with Gasteiger partial charge in [0, 0.05) is 19.3 Å². The van der Waals surface area contributed by atoms with Gasteiger partial charge in [-0.3, -0.25) is 23.5 Å². The molecule has 1 aromatic carbocycles. The van der Waals surface area contributed by atoms with E-state index in [1.165, 1.54) is 0 Å². The predicted octanol–water partition coefficient (Wildman–Crippen LogP) is -0.0702. The molecule has 0 atom stereocenters. The quantitative estimate of drug-likeness (QED) is 0.613. The van der Waals surface area contributed by atoms with E-state index in [0.717, 1.165) is 9.13 Å². The lowest BCUT2D eigenvalue weighted by molar-refractivity contribution is -0.135. The Balaban J connectivity index is 2.14. The molecule has 29 heavy (non-hydrogen) atoms. The van der Waals surface area contributed by atoms with E-state index in [1.807, 2.05) is 0 Å². The fourth-order valence-electron chi connectivity index (χ4n) is 3.28. The molecule has 1 amide bonds. The average Bonchev–Trinajstić information content (AvgIpc) is 2.71. The second-order valence-electron chi connectivity index (χ2n) is 6.65. The van der Waals surface area contributed by atoms with Gasteiger partial charge in [0.05, 0.1) is 6.54 Å². The molecule has 0 saturated carbocycles. The van der Waals surface area contributed by atoms with Crippen LogP contribution in [0.3, 0.4) is 0 Å². The molecule has 0 spiro atoms.